The first kappa shape index (κ1) is 12.0. The van der Waals surface area contributed by atoms with Gasteiger partial charge in [0.05, 0.1) is 12.3 Å². The molecule has 0 spiro atoms. The number of hydrogen-bond donors (Lipinski definition) is 2. The minimum absolute atomic E-state index is 0.0550. The maximum Gasteiger partial charge on any atom is 0.201 e. The van der Waals surface area contributed by atoms with Crippen LogP contribution in [0.3, 0.4) is 0 Å². The third kappa shape index (κ3) is 2.38. The van der Waals surface area contributed by atoms with E-state index >= 15 is 0 Å². The molecule has 0 aliphatic heterocycles. The summed E-state index contributed by atoms with van der Waals surface area (Å²) in [6, 6.07) is 4.32. The number of nitrogens with one attached hydrogen (secondary N) is 1. The van der Waals surface area contributed by atoms with E-state index in [4.69, 9.17) is 10.5 Å². The predicted octanol–water partition coefficient (Wildman–Crippen LogP) is 2.73. The first-order chi connectivity index (χ1) is 9.15. The molecular weight excluding hydrogens is 252 g/mol. The van der Waals surface area contributed by atoms with E-state index in [9.17, 15) is 8.78 Å². The molecule has 3 rings (SSSR count). The van der Waals surface area contributed by atoms with Crippen molar-refractivity contribution >= 4 is 5.82 Å². The van der Waals surface area contributed by atoms with Crippen LogP contribution in [-0.4, -0.2) is 16.8 Å². The van der Waals surface area contributed by atoms with Gasteiger partial charge in [-0.1, -0.05) is 0 Å². The lowest BCUT2D eigenvalue weighted by Gasteiger charge is -2.09. The summed E-state index contributed by atoms with van der Waals surface area (Å²) in [4.78, 5) is 0. The van der Waals surface area contributed by atoms with Crippen LogP contribution < -0.4 is 10.5 Å². The number of rotatable bonds is 4. The molecule has 1 aromatic carbocycles. The third-order valence-corrected chi connectivity index (χ3v) is 3.11. The van der Waals surface area contributed by atoms with Crippen LogP contribution in [0.25, 0.3) is 11.3 Å². The minimum atomic E-state index is -0.980. The highest BCUT2D eigenvalue weighted by Crippen LogP contribution is 2.32. The van der Waals surface area contributed by atoms with Gasteiger partial charge in [-0.3, -0.25) is 5.10 Å². The number of halogens is 2. The second kappa shape index (κ2) is 4.53. The van der Waals surface area contributed by atoms with Crippen molar-refractivity contribution in [3.8, 4) is 17.0 Å². The quantitative estimate of drug-likeness (QED) is 0.893. The van der Waals surface area contributed by atoms with Gasteiger partial charge in [0.2, 0.25) is 5.82 Å². The average molecular weight is 265 g/mol. The molecule has 0 bridgehead atoms. The lowest BCUT2D eigenvalue weighted by Crippen LogP contribution is -2.02. The third-order valence-electron chi connectivity index (χ3n) is 3.11. The molecule has 1 saturated carbocycles. The van der Waals surface area contributed by atoms with Crippen LogP contribution in [0.15, 0.2) is 18.2 Å². The Bertz CT molecular complexity index is 608. The van der Waals surface area contributed by atoms with Crippen molar-refractivity contribution in [1.29, 1.82) is 0 Å². The highest BCUT2D eigenvalue weighted by molar-refractivity contribution is 5.63. The lowest BCUT2D eigenvalue weighted by molar-refractivity contribution is 0.280. The van der Waals surface area contributed by atoms with E-state index < -0.39 is 11.6 Å². The number of nitrogens with zero attached hydrogens (tertiary/aromatic N) is 1. The second-order valence-corrected chi connectivity index (χ2v) is 4.70. The SMILES string of the molecule is Nc1cc(-c2ccc(OCC3CC3)c(F)c2F)[nH]n1. The summed E-state index contributed by atoms with van der Waals surface area (Å²) in [6.45, 7) is 0.437. The average Bonchev–Trinajstić information content (AvgIpc) is 3.13. The van der Waals surface area contributed by atoms with Gasteiger partial charge in [-0.2, -0.15) is 9.49 Å². The molecule has 0 unspecified atom stereocenters. The molecule has 0 saturated heterocycles. The minimum Gasteiger partial charge on any atom is -0.490 e. The molecular formula is C13H13F2N3O. The normalized spacial score (nSPS) is 14.6. The summed E-state index contributed by atoms with van der Waals surface area (Å²) in [5.41, 5.74) is 5.86. The van der Waals surface area contributed by atoms with E-state index in [0.29, 0.717) is 18.2 Å². The molecule has 100 valence electrons. The van der Waals surface area contributed by atoms with Crippen LogP contribution in [-0.2, 0) is 0 Å². The standard InChI is InChI=1S/C13H13F2N3O/c14-12-8(9-5-11(16)18-17-9)3-4-10(13(12)15)19-6-7-1-2-7/h3-5,7H,1-2,6H2,(H3,16,17,18). The number of ether oxygens (including phenoxy) is 1. The highest BCUT2D eigenvalue weighted by atomic mass is 19.2. The van der Waals surface area contributed by atoms with Gasteiger partial charge in [0.25, 0.3) is 0 Å². The molecule has 1 aliphatic carbocycles. The molecule has 4 nitrogen and oxygen atoms in total. The topological polar surface area (TPSA) is 63.9 Å². The molecule has 1 fully saturated rings. The van der Waals surface area contributed by atoms with Crippen molar-refractivity contribution in [2.75, 3.05) is 12.3 Å². The van der Waals surface area contributed by atoms with Crippen molar-refractivity contribution in [2.45, 2.75) is 12.8 Å². The Balaban J connectivity index is 1.88. The number of anilines is 1. The zero-order chi connectivity index (χ0) is 13.4. The molecule has 1 aromatic heterocycles. The zero-order valence-electron chi connectivity index (χ0n) is 10.1. The van der Waals surface area contributed by atoms with Crippen LogP contribution in [0.4, 0.5) is 14.6 Å². The Morgan fingerprint density at radius 3 is 2.74 bits per heavy atom. The van der Waals surface area contributed by atoms with Crippen LogP contribution in [0.1, 0.15) is 12.8 Å². The van der Waals surface area contributed by atoms with Crippen molar-refractivity contribution in [2.24, 2.45) is 5.92 Å². The number of benzene rings is 1. The van der Waals surface area contributed by atoms with E-state index in [1.165, 1.54) is 18.2 Å². The lowest BCUT2D eigenvalue weighted by atomic mass is 10.1. The number of hydrogen-bond acceptors (Lipinski definition) is 3. The zero-order valence-corrected chi connectivity index (χ0v) is 10.1. The molecule has 2 aromatic rings. The fraction of sp³-hybridized carbons (Fsp3) is 0.308. The Kier molecular flexibility index (Phi) is 2.85. The number of nitrogen functional groups attached to an aromatic ring is 1. The van der Waals surface area contributed by atoms with Crippen molar-refractivity contribution in [3.05, 3.63) is 29.8 Å². The molecule has 0 atom stereocenters. The van der Waals surface area contributed by atoms with Gasteiger partial charge in [0.15, 0.2) is 11.6 Å². The fourth-order valence-electron chi connectivity index (χ4n) is 1.82. The maximum atomic E-state index is 14.0. The van der Waals surface area contributed by atoms with Crippen molar-refractivity contribution < 1.29 is 13.5 Å². The first-order valence-electron chi connectivity index (χ1n) is 6.07. The molecule has 0 radical (unpaired) electrons. The number of H-pyrrole nitrogens is 1. The summed E-state index contributed by atoms with van der Waals surface area (Å²) in [5.74, 6) is -1.29. The van der Waals surface area contributed by atoms with Gasteiger partial charge >= 0.3 is 0 Å². The van der Waals surface area contributed by atoms with Gasteiger partial charge in [-0.05, 0) is 30.9 Å². The van der Waals surface area contributed by atoms with Gasteiger partial charge in [0, 0.05) is 11.6 Å². The second-order valence-electron chi connectivity index (χ2n) is 4.70. The van der Waals surface area contributed by atoms with Crippen LogP contribution >= 0.6 is 0 Å². The van der Waals surface area contributed by atoms with Gasteiger partial charge in [-0.25, -0.2) is 4.39 Å². The summed E-state index contributed by atoms with van der Waals surface area (Å²) in [6.07, 6.45) is 2.19. The van der Waals surface area contributed by atoms with E-state index in [0.717, 1.165) is 12.8 Å². The summed E-state index contributed by atoms with van der Waals surface area (Å²) in [7, 11) is 0. The van der Waals surface area contributed by atoms with E-state index in [2.05, 4.69) is 10.2 Å². The molecule has 6 heteroatoms. The largest absolute Gasteiger partial charge is 0.490 e. The monoisotopic (exact) mass is 265 g/mol. The Morgan fingerprint density at radius 2 is 2.11 bits per heavy atom. The van der Waals surface area contributed by atoms with E-state index in [-0.39, 0.29) is 17.1 Å². The van der Waals surface area contributed by atoms with Crippen molar-refractivity contribution in [3.63, 3.8) is 0 Å². The number of nitrogens with two attached hydrogens (primary N) is 1. The Hall–Kier alpha value is -2.11. The predicted molar refractivity (Wildman–Crippen MR) is 66.6 cm³/mol. The van der Waals surface area contributed by atoms with Gasteiger partial charge in [0.1, 0.15) is 5.82 Å². The molecule has 1 heterocycles. The van der Waals surface area contributed by atoms with Crippen LogP contribution in [0.5, 0.6) is 5.75 Å². The molecule has 3 N–H and O–H groups in total. The van der Waals surface area contributed by atoms with E-state index in [1.54, 1.807) is 0 Å². The van der Waals surface area contributed by atoms with Gasteiger partial charge < -0.3 is 10.5 Å². The maximum absolute atomic E-state index is 14.0. The number of aromatic nitrogens is 2. The Morgan fingerprint density at radius 1 is 1.32 bits per heavy atom. The summed E-state index contributed by atoms with van der Waals surface area (Å²) in [5, 5.41) is 6.23. The van der Waals surface area contributed by atoms with Gasteiger partial charge in [-0.15, -0.1) is 0 Å². The van der Waals surface area contributed by atoms with Crippen LogP contribution in [0, 0.1) is 17.6 Å². The smallest absolute Gasteiger partial charge is 0.201 e. The molecule has 0 amide bonds. The highest BCUT2D eigenvalue weighted by Gasteiger charge is 2.23. The fourth-order valence-corrected chi connectivity index (χ4v) is 1.82. The summed E-state index contributed by atoms with van der Waals surface area (Å²) < 4.78 is 33.1. The first-order valence-corrected chi connectivity index (χ1v) is 6.07. The molecule has 1 aliphatic rings. The summed E-state index contributed by atoms with van der Waals surface area (Å²) >= 11 is 0. The Labute approximate surface area is 108 Å². The van der Waals surface area contributed by atoms with Crippen molar-refractivity contribution in [1.82, 2.24) is 10.2 Å². The van der Waals surface area contributed by atoms with E-state index in [1.807, 2.05) is 0 Å². The molecule has 19 heavy (non-hydrogen) atoms. The number of aromatic amines is 1. The van der Waals surface area contributed by atoms with Crippen LogP contribution in [0.2, 0.25) is 0 Å².